The average molecular weight is 427 g/mol. The second-order valence-electron chi connectivity index (χ2n) is 9.33. The number of nitrogens with one attached hydrogen (secondary N) is 1. The van der Waals surface area contributed by atoms with Crippen molar-refractivity contribution >= 4 is 15.7 Å². The molecule has 7 heteroatoms. The maximum absolute atomic E-state index is 12.8. The van der Waals surface area contributed by atoms with Gasteiger partial charge in [-0.05, 0) is 48.5 Å². The van der Waals surface area contributed by atoms with E-state index in [4.69, 9.17) is 10.7 Å². The third kappa shape index (κ3) is 3.86. The highest BCUT2D eigenvalue weighted by molar-refractivity contribution is 7.91. The van der Waals surface area contributed by atoms with Crippen molar-refractivity contribution in [2.24, 2.45) is 16.6 Å². The van der Waals surface area contributed by atoms with Gasteiger partial charge in [-0.1, -0.05) is 31.2 Å². The molecule has 3 N–H and O–H groups in total. The Morgan fingerprint density at radius 1 is 1.27 bits per heavy atom. The number of hydrogen-bond acceptors (Lipinski definition) is 6. The first-order valence-electron chi connectivity index (χ1n) is 10.9. The fourth-order valence-corrected chi connectivity index (χ4v) is 6.14. The Bertz CT molecular complexity index is 1050. The fraction of sp³-hybridized carbons (Fsp3) is 0.522. The normalized spacial score (nSPS) is 29.0. The summed E-state index contributed by atoms with van der Waals surface area (Å²) >= 11 is 0. The van der Waals surface area contributed by atoms with Crippen LogP contribution in [-0.4, -0.2) is 49.6 Å². The topological polar surface area (TPSA) is 87.8 Å². The molecule has 2 aliphatic carbocycles. The number of fused-ring (bicyclic) bond motifs is 1. The lowest BCUT2D eigenvalue weighted by molar-refractivity contribution is 0.407. The van der Waals surface area contributed by atoms with Gasteiger partial charge in [0.15, 0.2) is 9.84 Å². The largest absolute Gasteiger partial charge is 0.355 e. The van der Waals surface area contributed by atoms with Crippen molar-refractivity contribution in [2.45, 2.75) is 55.6 Å². The highest BCUT2D eigenvalue weighted by Crippen LogP contribution is 2.35. The first kappa shape index (κ1) is 20.0. The van der Waals surface area contributed by atoms with Gasteiger partial charge >= 0.3 is 0 Å². The second-order valence-corrected chi connectivity index (χ2v) is 11.4. The van der Waals surface area contributed by atoms with Crippen LogP contribution in [0.1, 0.15) is 38.2 Å². The molecule has 1 saturated carbocycles. The molecule has 0 spiro atoms. The molecular weight excluding hydrogens is 396 g/mol. The van der Waals surface area contributed by atoms with E-state index in [1.54, 1.807) is 12.1 Å². The summed E-state index contributed by atoms with van der Waals surface area (Å²) in [5.74, 6) is 1.60. The Kier molecular flexibility index (Phi) is 4.87. The average Bonchev–Trinajstić information content (AvgIpc) is 3.48. The summed E-state index contributed by atoms with van der Waals surface area (Å²) in [5, 5.41) is 3.72. The second kappa shape index (κ2) is 7.32. The predicted octanol–water partition coefficient (Wildman–Crippen LogP) is 2.38. The van der Waals surface area contributed by atoms with Gasteiger partial charge in [0.05, 0.1) is 16.3 Å². The van der Waals surface area contributed by atoms with E-state index in [1.807, 2.05) is 12.1 Å². The molecule has 4 aliphatic rings. The van der Waals surface area contributed by atoms with Crippen LogP contribution in [0.3, 0.4) is 0 Å². The van der Waals surface area contributed by atoms with Crippen LogP contribution in [0.15, 0.2) is 57.6 Å². The lowest BCUT2D eigenvalue weighted by Crippen LogP contribution is -2.47. The first-order chi connectivity index (χ1) is 14.3. The molecule has 0 amide bonds. The zero-order chi connectivity index (χ0) is 20.9. The maximum Gasteiger partial charge on any atom is 0.180 e. The van der Waals surface area contributed by atoms with E-state index in [1.165, 1.54) is 5.57 Å². The first-order valence-corrected chi connectivity index (χ1v) is 12.5. The van der Waals surface area contributed by atoms with Crippen LogP contribution in [0.2, 0.25) is 0 Å². The Morgan fingerprint density at radius 3 is 2.87 bits per heavy atom. The molecule has 1 aromatic carbocycles. The number of sulfone groups is 1. The summed E-state index contributed by atoms with van der Waals surface area (Å²) in [5.41, 5.74) is 9.54. The summed E-state index contributed by atoms with van der Waals surface area (Å²) < 4.78 is 25.5. The molecule has 2 heterocycles. The van der Waals surface area contributed by atoms with Crippen LogP contribution in [0.5, 0.6) is 0 Å². The van der Waals surface area contributed by atoms with E-state index in [2.05, 4.69) is 29.3 Å². The predicted molar refractivity (Wildman–Crippen MR) is 119 cm³/mol. The van der Waals surface area contributed by atoms with Gasteiger partial charge in [0.1, 0.15) is 5.84 Å². The van der Waals surface area contributed by atoms with Crippen LogP contribution in [0.4, 0.5) is 0 Å². The lowest BCUT2D eigenvalue weighted by Gasteiger charge is -2.35. The third-order valence-electron chi connectivity index (χ3n) is 6.77. The molecule has 2 aliphatic heterocycles. The summed E-state index contributed by atoms with van der Waals surface area (Å²) in [6.45, 7) is 4.09. The van der Waals surface area contributed by atoms with Gasteiger partial charge in [0.2, 0.25) is 0 Å². The van der Waals surface area contributed by atoms with Gasteiger partial charge in [-0.25, -0.2) is 13.4 Å². The zero-order valence-corrected chi connectivity index (χ0v) is 18.3. The van der Waals surface area contributed by atoms with Crippen LogP contribution in [0, 0.1) is 5.92 Å². The summed E-state index contributed by atoms with van der Waals surface area (Å²) in [4.78, 5) is 7.62. The van der Waals surface area contributed by atoms with E-state index < -0.39 is 9.84 Å². The molecule has 0 aromatic heterocycles. The Labute approximate surface area is 178 Å². The smallest absolute Gasteiger partial charge is 0.180 e. The number of rotatable bonds is 3. The van der Waals surface area contributed by atoms with Gasteiger partial charge in [0, 0.05) is 37.6 Å². The van der Waals surface area contributed by atoms with Gasteiger partial charge in [-0.3, -0.25) is 0 Å². The standard InChI is InChI=1S/C23H30N4O2S/c1-16-6-7-19-18(12-16)20(25-15-23(24)8-9-23)13-22(26-19)27-10-11-30(28,29)21-5-3-2-4-17(21)14-27/h2-7,16,20,25H,8-15,24H2,1H3. The molecule has 1 aromatic rings. The Balaban J connectivity index is 1.44. The molecule has 30 heavy (non-hydrogen) atoms. The van der Waals surface area contributed by atoms with Crippen molar-refractivity contribution in [3.63, 3.8) is 0 Å². The van der Waals surface area contributed by atoms with E-state index >= 15 is 0 Å². The van der Waals surface area contributed by atoms with Crippen LogP contribution in [0.25, 0.3) is 0 Å². The number of nitrogens with two attached hydrogens (primary N) is 1. The van der Waals surface area contributed by atoms with Crippen molar-refractivity contribution in [3.8, 4) is 0 Å². The van der Waals surface area contributed by atoms with Crippen molar-refractivity contribution in [3.05, 3.63) is 53.3 Å². The van der Waals surface area contributed by atoms with E-state index in [-0.39, 0.29) is 17.3 Å². The highest BCUT2D eigenvalue weighted by atomic mass is 32.2. The van der Waals surface area contributed by atoms with E-state index in [0.29, 0.717) is 23.9 Å². The summed E-state index contributed by atoms with van der Waals surface area (Å²) in [7, 11) is -3.27. The Hall–Kier alpha value is -1.96. The van der Waals surface area contributed by atoms with Gasteiger partial charge in [0.25, 0.3) is 0 Å². The minimum Gasteiger partial charge on any atom is -0.355 e. The van der Waals surface area contributed by atoms with Crippen LogP contribution in [-0.2, 0) is 16.4 Å². The zero-order valence-electron chi connectivity index (χ0n) is 17.5. The van der Waals surface area contributed by atoms with Gasteiger partial charge in [-0.15, -0.1) is 0 Å². The third-order valence-corrected chi connectivity index (χ3v) is 8.56. The number of benzene rings is 1. The van der Waals surface area contributed by atoms with Crippen LogP contribution < -0.4 is 11.1 Å². The fourth-order valence-electron chi connectivity index (χ4n) is 4.64. The van der Waals surface area contributed by atoms with E-state index in [9.17, 15) is 8.42 Å². The highest BCUT2D eigenvalue weighted by Gasteiger charge is 2.39. The molecule has 0 saturated heterocycles. The lowest BCUT2D eigenvalue weighted by atomic mass is 9.86. The number of nitrogens with zero attached hydrogens (tertiary/aromatic N) is 2. The molecular formula is C23H30N4O2S. The van der Waals surface area contributed by atoms with E-state index in [0.717, 1.165) is 49.3 Å². The minimum atomic E-state index is -3.27. The molecule has 1 fully saturated rings. The number of hydrogen-bond donors (Lipinski definition) is 2. The maximum atomic E-state index is 12.8. The quantitative estimate of drug-likeness (QED) is 0.775. The summed E-state index contributed by atoms with van der Waals surface area (Å²) in [6.07, 6.45) is 8.30. The molecule has 2 unspecified atom stereocenters. The minimum absolute atomic E-state index is 0.0543. The van der Waals surface area contributed by atoms with Gasteiger partial charge < -0.3 is 16.0 Å². The molecule has 160 valence electrons. The molecule has 0 bridgehead atoms. The van der Waals surface area contributed by atoms with Gasteiger partial charge in [-0.2, -0.15) is 0 Å². The molecule has 0 radical (unpaired) electrons. The Morgan fingerprint density at radius 2 is 2.07 bits per heavy atom. The molecule has 5 rings (SSSR count). The number of aliphatic imine (C=N–C) groups is 1. The SMILES string of the molecule is CC1C=CC2=C(C1)C(NCC1(N)CC1)CC(N1CCS(=O)(=O)c3ccccc3C1)=N2. The molecule has 2 atom stereocenters. The summed E-state index contributed by atoms with van der Waals surface area (Å²) in [6, 6.07) is 7.56. The van der Waals surface area contributed by atoms with Crippen molar-refractivity contribution in [2.75, 3.05) is 18.8 Å². The monoisotopic (exact) mass is 426 g/mol. The van der Waals surface area contributed by atoms with Crippen molar-refractivity contribution in [1.29, 1.82) is 0 Å². The number of amidine groups is 1. The molecule has 6 nitrogen and oxygen atoms in total. The van der Waals surface area contributed by atoms with Crippen LogP contribution >= 0.6 is 0 Å². The van der Waals surface area contributed by atoms with Crippen molar-refractivity contribution < 1.29 is 8.42 Å². The number of allylic oxidation sites excluding steroid dienone is 2. The van der Waals surface area contributed by atoms with Crippen molar-refractivity contribution in [1.82, 2.24) is 10.2 Å².